The first-order valence-corrected chi connectivity index (χ1v) is 5.88. The van der Waals surface area contributed by atoms with Crippen LogP contribution in [0.5, 0.6) is 11.5 Å². The van der Waals surface area contributed by atoms with Crippen molar-refractivity contribution in [3.05, 3.63) is 22.8 Å². The predicted molar refractivity (Wildman–Crippen MR) is 66.3 cm³/mol. The van der Waals surface area contributed by atoms with Crippen LogP contribution in [0.3, 0.4) is 0 Å². The molecule has 3 N–H and O–H groups in total. The van der Waals surface area contributed by atoms with Crippen LogP contribution in [-0.4, -0.2) is 30.8 Å². The van der Waals surface area contributed by atoms with E-state index in [0.29, 0.717) is 30.3 Å². The summed E-state index contributed by atoms with van der Waals surface area (Å²) < 4.78 is 11.1. The number of aliphatic carboxylic acids is 1. The van der Waals surface area contributed by atoms with Crippen molar-refractivity contribution in [3.63, 3.8) is 0 Å². The summed E-state index contributed by atoms with van der Waals surface area (Å²) in [6, 6.07) is 1.74. The summed E-state index contributed by atoms with van der Waals surface area (Å²) in [7, 11) is 0. The molecule has 0 spiro atoms. The first-order chi connectivity index (χ1) is 8.56. The van der Waals surface area contributed by atoms with E-state index in [1.807, 2.05) is 13.8 Å². The van der Waals surface area contributed by atoms with E-state index in [9.17, 15) is 9.90 Å². The lowest BCUT2D eigenvalue weighted by Gasteiger charge is -2.24. The number of hydrogen-bond donors (Lipinski definition) is 2. The molecule has 0 amide bonds. The van der Waals surface area contributed by atoms with Crippen LogP contribution in [0.2, 0.25) is 0 Å². The zero-order valence-corrected chi connectivity index (χ0v) is 10.5. The average molecular weight is 251 g/mol. The normalized spacial score (nSPS) is 15.3. The Bertz CT molecular complexity index is 484. The summed E-state index contributed by atoms with van der Waals surface area (Å²) in [5.74, 6) is -0.307. The van der Waals surface area contributed by atoms with Gasteiger partial charge in [-0.2, -0.15) is 0 Å². The number of nitrogens with two attached hydrogens (primary N) is 1. The van der Waals surface area contributed by atoms with Crippen molar-refractivity contribution in [1.82, 2.24) is 0 Å². The molecule has 1 aromatic rings. The average Bonchev–Trinajstić information content (AvgIpc) is 2.36. The Hall–Kier alpha value is -1.75. The standard InChI is InChI=1S/C13H17NO4/c1-7-8(2)12-11(17-3-4-18-12)5-9(7)10(6-14)13(15)16/h5,10H,3-4,6,14H2,1-2H3,(H,15,16). The molecule has 0 saturated carbocycles. The zero-order chi connectivity index (χ0) is 13.3. The van der Waals surface area contributed by atoms with Crippen LogP contribution in [0.25, 0.3) is 0 Å². The quantitative estimate of drug-likeness (QED) is 0.843. The SMILES string of the molecule is Cc1c(C(CN)C(=O)O)cc2c(c1C)OCCO2. The Balaban J connectivity index is 2.55. The highest BCUT2D eigenvalue weighted by Gasteiger charge is 2.25. The maximum absolute atomic E-state index is 11.2. The molecule has 1 unspecified atom stereocenters. The van der Waals surface area contributed by atoms with Crippen LogP contribution in [-0.2, 0) is 4.79 Å². The van der Waals surface area contributed by atoms with Gasteiger partial charge in [0.1, 0.15) is 13.2 Å². The molecule has 1 aliphatic rings. The van der Waals surface area contributed by atoms with Crippen LogP contribution in [0, 0.1) is 13.8 Å². The van der Waals surface area contributed by atoms with E-state index in [4.69, 9.17) is 15.2 Å². The molecule has 1 atom stereocenters. The van der Waals surface area contributed by atoms with Crippen molar-refractivity contribution in [1.29, 1.82) is 0 Å². The van der Waals surface area contributed by atoms with Gasteiger partial charge in [0.05, 0.1) is 5.92 Å². The number of hydrogen-bond acceptors (Lipinski definition) is 4. The minimum Gasteiger partial charge on any atom is -0.486 e. The van der Waals surface area contributed by atoms with Gasteiger partial charge in [-0.3, -0.25) is 4.79 Å². The van der Waals surface area contributed by atoms with Crippen molar-refractivity contribution in [2.24, 2.45) is 5.73 Å². The van der Waals surface area contributed by atoms with Crippen molar-refractivity contribution in [3.8, 4) is 11.5 Å². The second-order valence-corrected chi connectivity index (χ2v) is 4.37. The van der Waals surface area contributed by atoms with Crippen molar-refractivity contribution >= 4 is 5.97 Å². The second kappa shape index (κ2) is 4.86. The van der Waals surface area contributed by atoms with Crippen molar-refractivity contribution in [2.45, 2.75) is 19.8 Å². The van der Waals surface area contributed by atoms with E-state index in [1.165, 1.54) is 0 Å². The van der Waals surface area contributed by atoms with E-state index >= 15 is 0 Å². The highest BCUT2D eigenvalue weighted by molar-refractivity contribution is 5.78. The Morgan fingerprint density at radius 3 is 2.67 bits per heavy atom. The Labute approximate surface area is 106 Å². The molecule has 0 aliphatic carbocycles. The highest BCUT2D eigenvalue weighted by atomic mass is 16.6. The number of carboxylic acids is 1. The maximum atomic E-state index is 11.2. The van der Waals surface area contributed by atoms with Gasteiger partial charge in [-0.15, -0.1) is 0 Å². The summed E-state index contributed by atoms with van der Waals surface area (Å²) in [4.78, 5) is 11.2. The molecule has 5 nitrogen and oxygen atoms in total. The summed E-state index contributed by atoms with van der Waals surface area (Å²) in [5.41, 5.74) is 8.07. The molecule has 2 rings (SSSR count). The third kappa shape index (κ3) is 2.01. The van der Waals surface area contributed by atoms with Gasteiger partial charge in [-0.25, -0.2) is 0 Å². The largest absolute Gasteiger partial charge is 0.486 e. The zero-order valence-electron chi connectivity index (χ0n) is 10.5. The Morgan fingerprint density at radius 1 is 1.39 bits per heavy atom. The molecule has 98 valence electrons. The number of rotatable bonds is 3. The van der Waals surface area contributed by atoms with Crippen molar-refractivity contribution in [2.75, 3.05) is 19.8 Å². The fourth-order valence-electron chi connectivity index (χ4n) is 2.19. The molecule has 0 bridgehead atoms. The third-order valence-corrected chi connectivity index (χ3v) is 3.34. The predicted octanol–water partition coefficient (Wildman–Crippen LogP) is 1.20. The first kappa shape index (κ1) is 12.7. The summed E-state index contributed by atoms with van der Waals surface area (Å²) >= 11 is 0. The van der Waals surface area contributed by atoms with Crippen molar-refractivity contribution < 1.29 is 19.4 Å². The van der Waals surface area contributed by atoms with Crippen LogP contribution in [0.4, 0.5) is 0 Å². The van der Waals surface area contributed by atoms with E-state index in [0.717, 1.165) is 11.1 Å². The molecule has 5 heteroatoms. The van der Waals surface area contributed by atoms with Crippen LogP contribution in [0.15, 0.2) is 6.07 Å². The maximum Gasteiger partial charge on any atom is 0.312 e. The molecule has 18 heavy (non-hydrogen) atoms. The fraction of sp³-hybridized carbons (Fsp3) is 0.462. The molecule has 0 aromatic heterocycles. The minimum absolute atomic E-state index is 0.0647. The molecule has 1 aliphatic heterocycles. The van der Waals surface area contributed by atoms with Gasteiger partial charge in [-0.1, -0.05) is 0 Å². The van der Waals surface area contributed by atoms with Gasteiger partial charge < -0.3 is 20.3 Å². The van der Waals surface area contributed by atoms with E-state index in [1.54, 1.807) is 6.07 Å². The lowest BCUT2D eigenvalue weighted by atomic mass is 9.91. The topological polar surface area (TPSA) is 81.8 Å². The van der Waals surface area contributed by atoms with Gasteiger partial charge in [0.15, 0.2) is 11.5 Å². The van der Waals surface area contributed by atoms with Gasteiger partial charge in [0, 0.05) is 6.54 Å². The first-order valence-electron chi connectivity index (χ1n) is 5.88. The number of benzene rings is 1. The third-order valence-electron chi connectivity index (χ3n) is 3.34. The molecular formula is C13H17NO4. The summed E-state index contributed by atoms with van der Waals surface area (Å²) in [5, 5.41) is 9.19. The summed E-state index contributed by atoms with van der Waals surface area (Å²) in [6.07, 6.45) is 0. The smallest absolute Gasteiger partial charge is 0.312 e. The summed E-state index contributed by atoms with van der Waals surface area (Å²) in [6.45, 7) is 4.85. The monoisotopic (exact) mass is 251 g/mol. The van der Waals surface area contributed by atoms with Gasteiger partial charge >= 0.3 is 5.97 Å². The number of carbonyl (C=O) groups is 1. The lowest BCUT2D eigenvalue weighted by molar-refractivity contribution is -0.138. The van der Waals surface area contributed by atoms with E-state index in [2.05, 4.69) is 0 Å². The van der Waals surface area contributed by atoms with Gasteiger partial charge in [0.25, 0.3) is 0 Å². The highest BCUT2D eigenvalue weighted by Crippen LogP contribution is 2.39. The van der Waals surface area contributed by atoms with Crippen LogP contribution >= 0.6 is 0 Å². The Morgan fingerprint density at radius 2 is 2.06 bits per heavy atom. The number of carboxylic acid groups (broad SMARTS) is 1. The van der Waals surface area contributed by atoms with Gasteiger partial charge in [0.2, 0.25) is 0 Å². The molecule has 1 heterocycles. The number of fused-ring (bicyclic) bond motifs is 1. The van der Waals surface area contributed by atoms with E-state index in [-0.39, 0.29) is 6.54 Å². The van der Waals surface area contributed by atoms with E-state index < -0.39 is 11.9 Å². The molecule has 0 fully saturated rings. The Kier molecular flexibility index (Phi) is 3.43. The molecule has 0 saturated heterocycles. The van der Waals surface area contributed by atoms with Crippen LogP contribution < -0.4 is 15.2 Å². The second-order valence-electron chi connectivity index (χ2n) is 4.37. The molecule has 0 radical (unpaired) electrons. The fourth-order valence-corrected chi connectivity index (χ4v) is 2.19. The minimum atomic E-state index is -0.920. The lowest BCUT2D eigenvalue weighted by Crippen LogP contribution is -2.23. The number of ether oxygens (including phenoxy) is 2. The molecular weight excluding hydrogens is 234 g/mol. The van der Waals surface area contributed by atoms with Crippen LogP contribution in [0.1, 0.15) is 22.6 Å². The van der Waals surface area contributed by atoms with Gasteiger partial charge in [-0.05, 0) is 36.6 Å². The molecule has 1 aromatic carbocycles.